The lowest BCUT2D eigenvalue weighted by atomic mass is 10.00. The van der Waals surface area contributed by atoms with Crippen LogP contribution in [0.4, 0.5) is 4.39 Å². The maximum atomic E-state index is 14.1. The smallest absolute Gasteiger partial charge is 0.307 e. The fourth-order valence-electron chi connectivity index (χ4n) is 3.16. The molecule has 1 aromatic heterocycles. The Balaban J connectivity index is 1.51. The van der Waals surface area contributed by atoms with Crippen LogP contribution in [0.1, 0.15) is 35.9 Å². The van der Waals surface area contributed by atoms with Gasteiger partial charge in [-0.3, -0.25) is 4.79 Å². The second-order valence-electron chi connectivity index (χ2n) is 6.84. The molecule has 0 aliphatic rings. The molecule has 3 aromatic rings. The first-order valence-electron chi connectivity index (χ1n) is 9.72. The molecular formula is C23H25FN2O3. The first-order valence-corrected chi connectivity index (χ1v) is 9.72. The minimum Gasteiger partial charge on any atom is -0.461 e. The maximum Gasteiger partial charge on any atom is 0.307 e. The van der Waals surface area contributed by atoms with Crippen LogP contribution in [-0.4, -0.2) is 17.7 Å². The van der Waals surface area contributed by atoms with E-state index in [-0.39, 0.29) is 24.8 Å². The van der Waals surface area contributed by atoms with Gasteiger partial charge in [-0.2, -0.15) is 0 Å². The Morgan fingerprint density at radius 3 is 2.72 bits per heavy atom. The van der Waals surface area contributed by atoms with E-state index in [1.54, 1.807) is 0 Å². The number of benzene rings is 2. The summed E-state index contributed by atoms with van der Waals surface area (Å²) in [5.74, 6) is 0.0886. The quantitative estimate of drug-likeness (QED) is 0.424. The topological polar surface area (TPSA) is 64.4 Å². The van der Waals surface area contributed by atoms with E-state index in [2.05, 4.69) is 10.5 Å². The zero-order valence-corrected chi connectivity index (χ0v) is 16.7. The van der Waals surface area contributed by atoms with Crippen molar-refractivity contribution in [1.29, 1.82) is 0 Å². The summed E-state index contributed by atoms with van der Waals surface area (Å²) in [6.07, 6.45) is 0.960. The molecule has 1 heterocycles. The summed E-state index contributed by atoms with van der Waals surface area (Å²) in [5, 5.41) is 7.21. The van der Waals surface area contributed by atoms with Gasteiger partial charge in [0.1, 0.15) is 18.2 Å². The third kappa shape index (κ3) is 5.74. The Kier molecular flexibility index (Phi) is 7.14. The lowest BCUT2D eigenvalue weighted by molar-refractivity contribution is -0.144. The Labute approximate surface area is 169 Å². The Morgan fingerprint density at radius 2 is 1.97 bits per heavy atom. The van der Waals surface area contributed by atoms with Gasteiger partial charge in [-0.15, -0.1) is 0 Å². The molecule has 2 aromatic carbocycles. The lowest BCUT2D eigenvalue weighted by Gasteiger charge is -2.09. The number of nitrogens with zero attached hydrogens (tertiary/aromatic N) is 1. The molecule has 1 N–H and O–H groups in total. The number of aromatic nitrogens is 1. The van der Waals surface area contributed by atoms with E-state index in [9.17, 15) is 9.18 Å². The molecular weight excluding hydrogens is 371 g/mol. The Bertz CT molecular complexity index is 954. The number of ether oxygens (including phenoxy) is 1. The van der Waals surface area contributed by atoms with Gasteiger partial charge in [-0.1, -0.05) is 42.4 Å². The molecule has 0 unspecified atom stereocenters. The number of nitrogens with one attached hydrogen (secondary N) is 1. The summed E-state index contributed by atoms with van der Waals surface area (Å²) in [7, 11) is 0. The maximum absolute atomic E-state index is 14.1. The van der Waals surface area contributed by atoms with E-state index in [1.165, 1.54) is 12.1 Å². The predicted molar refractivity (Wildman–Crippen MR) is 109 cm³/mol. The number of esters is 1. The summed E-state index contributed by atoms with van der Waals surface area (Å²) in [6, 6.07) is 14.4. The second kappa shape index (κ2) is 9.98. The molecule has 0 saturated heterocycles. The number of hydrogen-bond acceptors (Lipinski definition) is 5. The molecule has 0 amide bonds. The highest BCUT2D eigenvalue weighted by Gasteiger charge is 2.15. The molecule has 6 heteroatoms. The first kappa shape index (κ1) is 20.7. The number of aryl methyl sites for hydroxylation is 2. The summed E-state index contributed by atoms with van der Waals surface area (Å²) in [5.41, 5.74) is 4.16. The van der Waals surface area contributed by atoms with Crippen molar-refractivity contribution < 1.29 is 18.4 Å². The molecule has 3 rings (SSSR count). The van der Waals surface area contributed by atoms with E-state index in [4.69, 9.17) is 9.26 Å². The van der Waals surface area contributed by atoms with Crippen LogP contribution in [0.15, 0.2) is 53.1 Å². The van der Waals surface area contributed by atoms with Crippen LogP contribution in [0.25, 0.3) is 11.1 Å². The molecule has 0 saturated carbocycles. The minimum atomic E-state index is -0.316. The molecule has 0 fully saturated rings. The van der Waals surface area contributed by atoms with Crippen LogP contribution in [0.3, 0.4) is 0 Å². The Morgan fingerprint density at radius 1 is 1.17 bits per heavy atom. The van der Waals surface area contributed by atoms with Crippen LogP contribution in [0.2, 0.25) is 0 Å². The molecule has 0 aliphatic heterocycles. The average molecular weight is 396 g/mol. The summed E-state index contributed by atoms with van der Waals surface area (Å²) >= 11 is 0. The molecule has 0 aliphatic carbocycles. The van der Waals surface area contributed by atoms with Crippen molar-refractivity contribution in [3.05, 3.63) is 76.9 Å². The van der Waals surface area contributed by atoms with E-state index in [0.29, 0.717) is 25.3 Å². The van der Waals surface area contributed by atoms with Gasteiger partial charge in [0.05, 0.1) is 12.1 Å². The highest BCUT2D eigenvalue weighted by molar-refractivity contribution is 5.70. The number of carbonyl (C=O) groups is 1. The zero-order valence-electron chi connectivity index (χ0n) is 16.7. The van der Waals surface area contributed by atoms with Crippen LogP contribution in [0, 0.1) is 12.7 Å². The number of carbonyl (C=O) groups excluding carboxylic acids is 1. The normalized spacial score (nSPS) is 10.9. The highest BCUT2D eigenvalue weighted by Crippen LogP contribution is 2.29. The van der Waals surface area contributed by atoms with Crippen molar-refractivity contribution in [1.82, 2.24) is 10.5 Å². The molecule has 0 atom stereocenters. The fourth-order valence-corrected chi connectivity index (χ4v) is 3.16. The summed E-state index contributed by atoms with van der Waals surface area (Å²) in [4.78, 5) is 11.9. The molecule has 0 spiro atoms. The average Bonchev–Trinajstić information content (AvgIpc) is 3.10. The monoisotopic (exact) mass is 396 g/mol. The minimum absolute atomic E-state index is 0.250. The first-order chi connectivity index (χ1) is 14.1. The van der Waals surface area contributed by atoms with Gasteiger partial charge >= 0.3 is 5.97 Å². The second-order valence-corrected chi connectivity index (χ2v) is 6.84. The predicted octanol–water partition coefficient (Wildman–Crippen LogP) is 4.57. The van der Waals surface area contributed by atoms with Crippen LogP contribution in [0.5, 0.6) is 0 Å². The van der Waals surface area contributed by atoms with E-state index < -0.39 is 0 Å². The van der Waals surface area contributed by atoms with E-state index in [0.717, 1.165) is 27.9 Å². The van der Waals surface area contributed by atoms with Gasteiger partial charge in [0.25, 0.3) is 0 Å². The van der Waals surface area contributed by atoms with Gasteiger partial charge in [-0.25, -0.2) is 4.39 Å². The molecule has 152 valence electrons. The van der Waals surface area contributed by atoms with Gasteiger partial charge < -0.3 is 14.6 Å². The van der Waals surface area contributed by atoms with E-state index >= 15 is 0 Å². The molecule has 29 heavy (non-hydrogen) atoms. The fraction of sp³-hybridized carbons (Fsp3) is 0.304. The standard InChI is InChI=1S/C23H25FN2O3/c1-3-21-23(16(2)29-26-21)19-11-18(12-20(24)13-19)14-25-10-9-22(27)28-15-17-7-5-4-6-8-17/h4-8,11-13,25H,3,9-10,14-15H2,1-2H3. The van der Waals surface area contributed by atoms with Crippen molar-refractivity contribution in [3.63, 3.8) is 0 Å². The summed E-state index contributed by atoms with van der Waals surface area (Å²) < 4.78 is 24.6. The zero-order chi connectivity index (χ0) is 20.6. The number of halogens is 1. The van der Waals surface area contributed by atoms with Crippen LogP contribution in [-0.2, 0) is 29.1 Å². The third-order valence-electron chi connectivity index (χ3n) is 4.59. The van der Waals surface area contributed by atoms with Gasteiger partial charge in [0.15, 0.2) is 0 Å². The van der Waals surface area contributed by atoms with Gasteiger partial charge in [-0.05, 0) is 48.2 Å². The van der Waals surface area contributed by atoms with E-state index in [1.807, 2.05) is 50.2 Å². The lowest BCUT2D eigenvalue weighted by Crippen LogP contribution is -2.19. The highest BCUT2D eigenvalue weighted by atomic mass is 19.1. The van der Waals surface area contributed by atoms with Crippen molar-refractivity contribution >= 4 is 5.97 Å². The van der Waals surface area contributed by atoms with Crippen molar-refractivity contribution in [3.8, 4) is 11.1 Å². The van der Waals surface area contributed by atoms with Gasteiger partial charge in [0.2, 0.25) is 0 Å². The van der Waals surface area contributed by atoms with Crippen molar-refractivity contribution in [2.75, 3.05) is 6.54 Å². The van der Waals surface area contributed by atoms with Crippen molar-refractivity contribution in [2.24, 2.45) is 0 Å². The SMILES string of the molecule is CCc1noc(C)c1-c1cc(F)cc(CNCCC(=O)OCc2ccccc2)c1. The van der Waals surface area contributed by atoms with Crippen LogP contribution >= 0.6 is 0 Å². The largest absolute Gasteiger partial charge is 0.461 e. The third-order valence-corrected chi connectivity index (χ3v) is 4.59. The molecule has 0 bridgehead atoms. The summed E-state index contributed by atoms with van der Waals surface area (Å²) in [6.45, 7) is 4.98. The Hall–Kier alpha value is -2.99. The van der Waals surface area contributed by atoms with Gasteiger partial charge in [0, 0.05) is 18.7 Å². The molecule has 0 radical (unpaired) electrons. The molecule has 5 nitrogen and oxygen atoms in total. The number of hydrogen-bond donors (Lipinski definition) is 1. The van der Waals surface area contributed by atoms with Crippen molar-refractivity contribution in [2.45, 2.75) is 39.8 Å². The van der Waals surface area contributed by atoms with Crippen LogP contribution < -0.4 is 5.32 Å². The number of rotatable bonds is 9.